The molecule has 1 N–H and O–H groups in total. The number of hydrogen-bond acceptors (Lipinski definition) is 5. The van der Waals surface area contributed by atoms with Crippen molar-refractivity contribution >= 4 is 11.9 Å². The summed E-state index contributed by atoms with van der Waals surface area (Å²) in [7, 11) is 4.49. The van der Waals surface area contributed by atoms with E-state index >= 15 is 0 Å². The highest BCUT2D eigenvalue weighted by molar-refractivity contribution is 5.96. The lowest BCUT2D eigenvalue weighted by Gasteiger charge is -2.10. The summed E-state index contributed by atoms with van der Waals surface area (Å²) < 4.78 is 15.1. The van der Waals surface area contributed by atoms with Gasteiger partial charge < -0.3 is 19.5 Å². The predicted molar refractivity (Wildman–Crippen MR) is 93.4 cm³/mol. The molecular weight excluding hydrogens is 322 g/mol. The number of methoxy groups -OCH3 is 3. The Kier molecular flexibility index (Phi) is 6.39. The Morgan fingerprint density at radius 3 is 2.12 bits per heavy atom. The molecule has 0 aromatic heterocycles. The molecule has 0 saturated heterocycles. The zero-order valence-electron chi connectivity index (χ0n) is 14.5. The molecule has 6 heteroatoms. The Morgan fingerprint density at radius 1 is 0.880 bits per heavy atom. The van der Waals surface area contributed by atoms with Gasteiger partial charge in [-0.25, -0.2) is 4.79 Å². The first-order valence-corrected chi connectivity index (χ1v) is 7.76. The lowest BCUT2D eigenvalue weighted by atomic mass is 10.1. The molecule has 0 spiro atoms. The number of benzene rings is 2. The van der Waals surface area contributed by atoms with Crippen molar-refractivity contribution < 1.29 is 23.8 Å². The standard InChI is InChI=1S/C19H21NO5/c1-23-16-9-4-13(12-17(16)24-2)10-11-20-18(21)14-5-7-15(8-6-14)19(22)25-3/h4-9,12H,10-11H2,1-3H3,(H,20,21). The number of hydrogen-bond donors (Lipinski definition) is 1. The van der Waals surface area contributed by atoms with Gasteiger partial charge in [-0.05, 0) is 48.4 Å². The minimum absolute atomic E-state index is 0.197. The van der Waals surface area contributed by atoms with Crippen molar-refractivity contribution in [2.75, 3.05) is 27.9 Å². The van der Waals surface area contributed by atoms with E-state index in [1.165, 1.54) is 7.11 Å². The lowest BCUT2D eigenvalue weighted by Crippen LogP contribution is -2.25. The Morgan fingerprint density at radius 2 is 1.52 bits per heavy atom. The molecule has 0 aliphatic carbocycles. The smallest absolute Gasteiger partial charge is 0.337 e. The maximum atomic E-state index is 12.1. The van der Waals surface area contributed by atoms with Crippen molar-refractivity contribution in [1.29, 1.82) is 0 Å². The van der Waals surface area contributed by atoms with Crippen molar-refractivity contribution in [1.82, 2.24) is 5.32 Å². The topological polar surface area (TPSA) is 73.9 Å². The SMILES string of the molecule is COC(=O)c1ccc(C(=O)NCCc2ccc(OC)c(OC)c2)cc1. The van der Waals surface area contributed by atoms with Crippen molar-refractivity contribution in [3.63, 3.8) is 0 Å². The van der Waals surface area contributed by atoms with Crippen LogP contribution in [0.5, 0.6) is 11.5 Å². The third-order valence-corrected chi connectivity index (χ3v) is 3.72. The molecule has 0 heterocycles. The van der Waals surface area contributed by atoms with Gasteiger partial charge in [0, 0.05) is 12.1 Å². The van der Waals surface area contributed by atoms with Gasteiger partial charge in [-0.15, -0.1) is 0 Å². The van der Waals surface area contributed by atoms with E-state index in [0.29, 0.717) is 35.6 Å². The van der Waals surface area contributed by atoms with Gasteiger partial charge in [-0.2, -0.15) is 0 Å². The second-order valence-corrected chi connectivity index (χ2v) is 5.26. The maximum absolute atomic E-state index is 12.1. The van der Waals surface area contributed by atoms with Crippen molar-refractivity contribution in [2.24, 2.45) is 0 Å². The van der Waals surface area contributed by atoms with E-state index in [-0.39, 0.29) is 5.91 Å². The molecule has 25 heavy (non-hydrogen) atoms. The van der Waals surface area contributed by atoms with Gasteiger partial charge in [-0.1, -0.05) is 6.07 Å². The van der Waals surface area contributed by atoms with Crippen LogP contribution in [0.4, 0.5) is 0 Å². The number of amides is 1. The number of esters is 1. The quantitative estimate of drug-likeness (QED) is 0.782. The van der Waals surface area contributed by atoms with Gasteiger partial charge in [0.2, 0.25) is 0 Å². The fourth-order valence-electron chi connectivity index (χ4n) is 2.33. The van der Waals surface area contributed by atoms with Crippen LogP contribution < -0.4 is 14.8 Å². The minimum Gasteiger partial charge on any atom is -0.493 e. The van der Waals surface area contributed by atoms with E-state index in [0.717, 1.165) is 5.56 Å². The van der Waals surface area contributed by atoms with Gasteiger partial charge in [-0.3, -0.25) is 4.79 Å². The summed E-state index contributed by atoms with van der Waals surface area (Å²) in [6.07, 6.45) is 0.659. The molecule has 2 aromatic carbocycles. The Bertz CT molecular complexity index is 740. The number of carbonyl (C=O) groups excluding carboxylic acids is 2. The van der Waals surface area contributed by atoms with Gasteiger partial charge in [0.05, 0.1) is 26.9 Å². The van der Waals surface area contributed by atoms with E-state index in [1.54, 1.807) is 38.5 Å². The fourth-order valence-corrected chi connectivity index (χ4v) is 2.33. The Hall–Kier alpha value is -3.02. The zero-order chi connectivity index (χ0) is 18.2. The average molecular weight is 343 g/mol. The van der Waals surface area contributed by atoms with E-state index in [4.69, 9.17) is 9.47 Å². The van der Waals surface area contributed by atoms with Crippen LogP contribution in [0, 0.1) is 0 Å². The summed E-state index contributed by atoms with van der Waals surface area (Å²) in [5, 5.41) is 2.85. The normalized spacial score (nSPS) is 10.0. The molecule has 0 bridgehead atoms. The number of carbonyl (C=O) groups is 2. The number of rotatable bonds is 7. The summed E-state index contributed by atoms with van der Waals surface area (Å²) in [6, 6.07) is 12.0. The molecule has 0 aliphatic heterocycles. The molecule has 0 unspecified atom stereocenters. The highest BCUT2D eigenvalue weighted by Gasteiger charge is 2.09. The molecule has 132 valence electrons. The van der Waals surface area contributed by atoms with Crippen molar-refractivity contribution in [3.05, 3.63) is 59.2 Å². The second kappa shape index (κ2) is 8.73. The summed E-state index contributed by atoms with van der Waals surface area (Å²) >= 11 is 0. The number of ether oxygens (including phenoxy) is 3. The van der Waals surface area contributed by atoms with Crippen molar-refractivity contribution in [3.8, 4) is 11.5 Å². The maximum Gasteiger partial charge on any atom is 0.337 e. The molecule has 0 radical (unpaired) electrons. The van der Waals surface area contributed by atoms with Crippen LogP contribution in [-0.4, -0.2) is 39.8 Å². The summed E-state index contributed by atoms with van der Waals surface area (Å²) in [4.78, 5) is 23.5. The van der Waals surface area contributed by atoms with Crippen LogP contribution in [0.15, 0.2) is 42.5 Å². The molecule has 1 amide bonds. The van der Waals surface area contributed by atoms with Crippen LogP contribution in [0.25, 0.3) is 0 Å². The Labute approximate surface area is 146 Å². The first kappa shape index (κ1) is 18.3. The molecule has 0 aliphatic rings. The summed E-state index contributed by atoms with van der Waals surface area (Å²) in [5.74, 6) is 0.697. The molecule has 2 rings (SSSR count). The van der Waals surface area contributed by atoms with Crippen molar-refractivity contribution in [2.45, 2.75) is 6.42 Å². The Balaban J connectivity index is 1.91. The molecule has 2 aromatic rings. The molecule has 6 nitrogen and oxygen atoms in total. The average Bonchev–Trinajstić information content (AvgIpc) is 2.67. The molecule has 0 saturated carbocycles. The van der Waals surface area contributed by atoms with Gasteiger partial charge in [0.15, 0.2) is 11.5 Å². The third-order valence-electron chi connectivity index (χ3n) is 3.72. The van der Waals surface area contributed by atoms with E-state index < -0.39 is 5.97 Å². The largest absolute Gasteiger partial charge is 0.493 e. The minimum atomic E-state index is -0.430. The molecule has 0 atom stereocenters. The molecular formula is C19H21NO5. The van der Waals surface area contributed by atoms with Gasteiger partial charge in [0.1, 0.15) is 0 Å². The van der Waals surface area contributed by atoms with Crippen LogP contribution in [0.3, 0.4) is 0 Å². The second-order valence-electron chi connectivity index (χ2n) is 5.26. The van der Waals surface area contributed by atoms with Crippen LogP contribution >= 0.6 is 0 Å². The summed E-state index contributed by atoms with van der Waals surface area (Å²) in [5.41, 5.74) is 1.92. The summed E-state index contributed by atoms with van der Waals surface area (Å²) in [6.45, 7) is 0.479. The fraction of sp³-hybridized carbons (Fsp3) is 0.263. The number of nitrogens with one attached hydrogen (secondary N) is 1. The van der Waals surface area contributed by atoms with Crippen LogP contribution in [-0.2, 0) is 11.2 Å². The highest BCUT2D eigenvalue weighted by atomic mass is 16.5. The van der Waals surface area contributed by atoms with E-state index in [1.807, 2.05) is 18.2 Å². The first-order chi connectivity index (χ1) is 12.1. The monoisotopic (exact) mass is 343 g/mol. The van der Waals surface area contributed by atoms with Gasteiger partial charge in [0.25, 0.3) is 5.91 Å². The van der Waals surface area contributed by atoms with E-state index in [9.17, 15) is 9.59 Å². The van der Waals surface area contributed by atoms with E-state index in [2.05, 4.69) is 10.1 Å². The first-order valence-electron chi connectivity index (χ1n) is 7.76. The van der Waals surface area contributed by atoms with Gasteiger partial charge >= 0.3 is 5.97 Å². The van der Waals surface area contributed by atoms with Crippen LogP contribution in [0.2, 0.25) is 0 Å². The predicted octanol–water partition coefficient (Wildman–Crippen LogP) is 2.46. The van der Waals surface area contributed by atoms with Crippen LogP contribution in [0.1, 0.15) is 26.3 Å². The third kappa shape index (κ3) is 4.73. The molecule has 0 fully saturated rings. The highest BCUT2D eigenvalue weighted by Crippen LogP contribution is 2.27. The zero-order valence-corrected chi connectivity index (χ0v) is 14.5. The lowest BCUT2D eigenvalue weighted by molar-refractivity contribution is 0.0600.